The minimum Gasteiger partial charge on any atom is -0.258 e. The van der Waals surface area contributed by atoms with Crippen LogP contribution >= 0.6 is 0 Å². The monoisotopic (exact) mass is 432 g/mol. The van der Waals surface area contributed by atoms with Crippen molar-refractivity contribution >= 4 is 23.8 Å². The molecule has 0 saturated carbocycles. The Kier molecular flexibility index (Phi) is 6.26. The summed E-state index contributed by atoms with van der Waals surface area (Å²) >= 11 is 0. The summed E-state index contributed by atoms with van der Waals surface area (Å²) in [7, 11) is -5.21. The average molecular weight is 433 g/mol. The van der Waals surface area contributed by atoms with Gasteiger partial charge in [0.15, 0.2) is 0 Å². The van der Waals surface area contributed by atoms with Gasteiger partial charge in [0.05, 0.1) is 9.82 Å². The van der Waals surface area contributed by atoms with Gasteiger partial charge in [0.2, 0.25) is 10.0 Å². The first kappa shape index (κ1) is 21.7. The van der Waals surface area contributed by atoms with E-state index in [1.807, 2.05) is 18.2 Å². The minimum atomic E-state index is -3.70. The summed E-state index contributed by atoms with van der Waals surface area (Å²) in [4.78, 5) is 10.5. The fourth-order valence-corrected chi connectivity index (χ4v) is 7.72. The van der Waals surface area contributed by atoms with E-state index in [4.69, 9.17) is 0 Å². The van der Waals surface area contributed by atoms with Crippen molar-refractivity contribution in [2.24, 2.45) is 0 Å². The van der Waals surface area contributed by atoms with Crippen molar-refractivity contribution in [1.29, 1.82) is 0 Å². The molecule has 2 aromatic carbocycles. The molecule has 2 aromatic rings. The summed E-state index contributed by atoms with van der Waals surface area (Å²) in [6.07, 6.45) is 1.58. The Morgan fingerprint density at radius 3 is 2.24 bits per heavy atom. The second kappa shape index (κ2) is 8.37. The van der Waals surface area contributed by atoms with Gasteiger partial charge in [-0.25, -0.2) is 8.42 Å². The number of nitro groups is 1. The van der Waals surface area contributed by atoms with Crippen LogP contribution < -0.4 is 0 Å². The van der Waals surface area contributed by atoms with E-state index in [-0.39, 0.29) is 16.6 Å². The highest BCUT2D eigenvalue weighted by atomic mass is 32.2. The summed E-state index contributed by atoms with van der Waals surface area (Å²) < 4.78 is 28.4. The number of nitro benzene ring substituents is 1. The maximum atomic E-state index is 13.4. The van der Waals surface area contributed by atoms with Gasteiger partial charge in [-0.2, -0.15) is 4.31 Å². The SMILES string of the molecule is C[Si](C)(C)C[C@H]1CC(c2ccccc2)CCN1S(=O)(=O)c1ccc([N+](=O)[O-])cc1. The van der Waals surface area contributed by atoms with Gasteiger partial charge < -0.3 is 0 Å². The van der Waals surface area contributed by atoms with Crippen LogP contribution in [-0.2, 0) is 10.0 Å². The second-order valence-electron chi connectivity index (χ2n) is 8.92. The minimum absolute atomic E-state index is 0.0548. The van der Waals surface area contributed by atoms with Crippen LogP contribution in [0.2, 0.25) is 25.7 Å². The predicted octanol–water partition coefficient (Wildman–Crippen LogP) is 4.87. The molecule has 1 aliphatic rings. The molecule has 0 aliphatic carbocycles. The topological polar surface area (TPSA) is 80.5 Å². The van der Waals surface area contributed by atoms with Crippen molar-refractivity contribution in [2.75, 3.05) is 6.54 Å². The van der Waals surface area contributed by atoms with Crippen LogP contribution in [0.1, 0.15) is 24.3 Å². The van der Waals surface area contributed by atoms with Gasteiger partial charge in [-0.3, -0.25) is 10.1 Å². The quantitative estimate of drug-likeness (QED) is 0.370. The van der Waals surface area contributed by atoms with Crippen molar-refractivity contribution in [1.82, 2.24) is 4.31 Å². The zero-order valence-electron chi connectivity index (χ0n) is 17.1. The smallest absolute Gasteiger partial charge is 0.258 e. The molecule has 1 unspecified atom stereocenters. The fourth-order valence-electron chi connectivity index (χ4n) is 4.14. The van der Waals surface area contributed by atoms with Crippen LogP contribution in [-0.4, -0.2) is 38.3 Å². The van der Waals surface area contributed by atoms with E-state index in [0.717, 1.165) is 18.9 Å². The molecule has 0 amide bonds. The lowest BCUT2D eigenvalue weighted by atomic mass is 9.87. The van der Waals surface area contributed by atoms with Gasteiger partial charge in [0, 0.05) is 32.8 Å². The fraction of sp³-hybridized carbons (Fsp3) is 0.429. The lowest BCUT2D eigenvalue weighted by Gasteiger charge is -2.41. The van der Waals surface area contributed by atoms with E-state index in [2.05, 4.69) is 31.8 Å². The van der Waals surface area contributed by atoms with Crippen LogP contribution in [0.25, 0.3) is 0 Å². The number of non-ortho nitro benzene ring substituents is 1. The molecule has 156 valence electrons. The number of rotatable bonds is 6. The van der Waals surface area contributed by atoms with Gasteiger partial charge >= 0.3 is 0 Å². The zero-order chi connectivity index (χ0) is 21.2. The highest BCUT2D eigenvalue weighted by Crippen LogP contribution is 2.37. The van der Waals surface area contributed by atoms with Gasteiger partial charge in [0.1, 0.15) is 0 Å². The molecule has 0 radical (unpaired) electrons. The first-order chi connectivity index (χ1) is 13.6. The predicted molar refractivity (Wildman–Crippen MR) is 117 cm³/mol. The molecule has 0 spiro atoms. The van der Waals surface area contributed by atoms with Crippen molar-refractivity contribution in [3.05, 3.63) is 70.3 Å². The highest BCUT2D eigenvalue weighted by molar-refractivity contribution is 7.89. The van der Waals surface area contributed by atoms with Crippen LogP contribution in [0.5, 0.6) is 0 Å². The Hall–Kier alpha value is -2.03. The summed E-state index contributed by atoms with van der Waals surface area (Å²) in [6.45, 7) is 7.25. The van der Waals surface area contributed by atoms with E-state index in [1.165, 1.54) is 29.8 Å². The molecular weight excluding hydrogens is 404 g/mol. The molecule has 29 heavy (non-hydrogen) atoms. The van der Waals surface area contributed by atoms with Crippen LogP contribution in [0.4, 0.5) is 5.69 Å². The molecule has 0 aromatic heterocycles. The molecule has 1 saturated heterocycles. The summed E-state index contributed by atoms with van der Waals surface area (Å²) in [5.74, 6) is 0.348. The third-order valence-electron chi connectivity index (χ3n) is 5.43. The van der Waals surface area contributed by atoms with Gasteiger partial charge in [0.25, 0.3) is 5.69 Å². The molecular formula is C21H28N2O4SSi. The molecule has 6 nitrogen and oxygen atoms in total. The van der Waals surface area contributed by atoms with E-state index < -0.39 is 23.0 Å². The van der Waals surface area contributed by atoms with E-state index in [0.29, 0.717) is 12.5 Å². The third-order valence-corrected chi connectivity index (χ3v) is 9.10. The van der Waals surface area contributed by atoms with E-state index in [1.54, 1.807) is 4.31 Å². The molecule has 1 heterocycles. The molecule has 1 aliphatic heterocycles. The van der Waals surface area contributed by atoms with Crippen molar-refractivity contribution in [3.63, 3.8) is 0 Å². The number of benzene rings is 2. The highest BCUT2D eigenvalue weighted by Gasteiger charge is 2.39. The van der Waals surface area contributed by atoms with E-state index >= 15 is 0 Å². The van der Waals surface area contributed by atoms with Crippen LogP contribution in [0, 0.1) is 10.1 Å². The Morgan fingerprint density at radius 1 is 1.07 bits per heavy atom. The Morgan fingerprint density at radius 2 is 1.69 bits per heavy atom. The zero-order valence-corrected chi connectivity index (χ0v) is 18.9. The first-order valence-electron chi connectivity index (χ1n) is 9.89. The number of nitrogens with zero attached hydrogens (tertiary/aromatic N) is 2. The summed E-state index contributed by atoms with van der Waals surface area (Å²) in [6, 6.07) is 16.4. The maximum Gasteiger partial charge on any atom is 0.269 e. The van der Waals surface area contributed by atoms with Gasteiger partial charge in [-0.05, 0) is 42.5 Å². The number of piperidine rings is 1. The normalized spacial score (nSPS) is 21.1. The molecule has 8 heteroatoms. The first-order valence-corrected chi connectivity index (χ1v) is 15.0. The van der Waals surface area contributed by atoms with Gasteiger partial charge in [-0.15, -0.1) is 0 Å². The third kappa shape index (κ3) is 5.12. The Bertz CT molecular complexity index is 956. The lowest BCUT2D eigenvalue weighted by Crippen LogP contribution is -2.48. The number of hydrogen-bond donors (Lipinski definition) is 0. The summed E-state index contributed by atoms with van der Waals surface area (Å²) in [5, 5.41) is 10.9. The van der Waals surface area contributed by atoms with Gasteiger partial charge in [-0.1, -0.05) is 50.0 Å². The lowest BCUT2D eigenvalue weighted by molar-refractivity contribution is -0.384. The Labute approximate surface area is 173 Å². The van der Waals surface area contributed by atoms with Crippen molar-refractivity contribution in [3.8, 4) is 0 Å². The molecule has 1 fully saturated rings. The molecule has 3 rings (SSSR count). The summed E-state index contributed by atoms with van der Waals surface area (Å²) in [5.41, 5.74) is 1.16. The van der Waals surface area contributed by atoms with Crippen molar-refractivity contribution < 1.29 is 13.3 Å². The Balaban J connectivity index is 1.90. The molecule has 0 N–H and O–H groups in total. The number of hydrogen-bond acceptors (Lipinski definition) is 4. The van der Waals surface area contributed by atoms with E-state index in [9.17, 15) is 18.5 Å². The van der Waals surface area contributed by atoms with Crippen LogP contribution in [0.3, 0.4) is 0 Å². The molecule has 2 atom stereocenters. The average Bonchev–Trinajstić information content (AvgIpc) is 2.67. The van der Waals surface area contributed by atoms with Crippen LogP contribution in [0.15, 0.2) is 59.5 Å². The van der Waals surface area contributed by atoms with Crippen molar-refractivity contribution in [2.45, 2.75) is 55.4 Å². The largest absolute Gasteiger partial charge is 0.269 e. The molecule has 0 bridgehead atoms. The number of sulfonamides is 1. The maximum absolute atomic E-state index is 13.4. The second-order valence-corrected chi connectivity index (χ2v) is 16.3. The standard InChI is InChI=1S/C21H28N2O4SSi/c1-29(2,3)16-20-15-18(17-7-5-4-6-8-17)13-14-22(20)28(26,27)21-11-9-19(10-12-21)23(24)25/h4-12,18,20H,13-16H2,1-3H3/t18?,20-/m1/s1.